The number of ether oxygens (including phenoxy) is 2. The van der Waals surface area contributed by atoms with Crippen molar-refractivity contribution in [3.8, 4) is 22.6 Å². The predicted octanol–water partition coefficient (Wildman–Crippen LogP) is 3.22. The molecule has 32 heavy (non-hydrogen) atoms. The van der Waals surface area contributed by atoms with Gasteiger partial charge in [-0.3, -0.25) is 9.78 Å². The average molecular weight is 431 g/mol. The van der Waals surface area contributed by atoms with E-state index < -0.39 is 0 Å². The number of rotatable bonds is 3. The zero-order chi connectivity index (χ0) is 22.1. The molecular formula is C24H25N5O3. The van der Waals surface area contributed by atoms with E-state index >= 15 is 0 Å². The van der Waals surface area contributed by atoms with Crippen molar-refractivity contribution >= 4 is 11.9 Å². The van der Waals surface area contributed by atoms with E-state index in [0.717, 1.165) is 41.9 Å². The molecule has 0 radical (unpaired) electrons. The lowest BCUT2D eigenvalue weighted by Gasteiger charge is -2.33. The molecule has 0 unspecified atom stereocenters. The van der Waals surface area contributed by atoms with Gasteiger partial charge in [0.2, 0.25) is 5.95 Å². The number of likely N-dealkylation sites (tertiary alicyclic amines) is 1. The molecule has 2 aliphatic heterocycles. The van der Waals surface area contributed by atoms with Gasteiger partial charge in [0.25, 0.3) is 5.91 Å². The van der Waals surface area contributed by atoms with Crippen molar-refractivity contribution in [1.29, 1.82) is 0 Å². The van der Waals surface area contributed by atoms with Gasteiger partial charge in [0.1, 0.15) is 13.2 Å². The van der Waals surface area contributed by atoms with E-state index in [4.69, 9.17) is 20.2 Å². The van der Waals surface area contributed by atoms with E-state index in [1.165, 1.54) is 0 Å². The Morgan fingerprint density at radius 1 is 1.06 bits per heavy atom. The van der Waals surface area contributed by atoms with Gasteiger partial charge in [-0.25, -0.2) is 9.97 Å². The molecule has 0 aliphatic carbocycles. The second-order valence-corrected chi connectivity index (χ2v) is 8.20. The van der Waals surface area contributed by atoms with E-state index in [-0.39, 0.29) is 17.8 Å². The molecule has 3 aromatic rings. The summed E-state index contributed by atoms with van der Waals surface area (Å²) in [7, 11) is 0. The minimum Gasteiger partial charge on any atom is -0.486 e. The lowest BCUT2D eigenvalue weighted by atomic mass is 9.92. The van der Waals surface area contributed by atoms with Gasteiger partial charge in [-0.2, -0.15) is 0 Å². The molecule has 1 atom stereocenters. The summed E-state index contributed by atoms with van der Waals surface area (Å²) in [5.74, 6) is 1.74. The minimum atomic E-state index is 0.00600. The first-order valence-electron chi connectivity index (χ1n) is 10.8. The van der Waals surface area contributed by atoms with E-state index in [2.05, 4.69) is 16.0 Å². The summed E-state index contributed by atoms with van der Waals surface area (Å²) in [6.07, 6.45) is 5.36. The molecule has 1 fully saturated rings. The minimum absolute atomic E-state index is 0.00600. The Morgan fingerprint density at radius 3 is 2.66 bits per heavy atom. The largest absolute Gasteiger partial charge is 0.486 e. The van der Waals surface area contributed by atoms with E-state index in [0.29, 0.717) is 36.8 Å². The fourth-order valence-electron chi connectivity index (χ4n) is 4.32. The number of nitrogens with zero attached hydrogens (tertiary/aromatic N) is 4. The van der Waals surface area contributed by atoms with Crippen LogP contribution in [0.15, 0.2) is 42.7 Å². The van der Waals surface area contributed by atoms with Crippen LogP contribution in [0.5, 0.6) is 11.5 Å². The first-order chi connectivity index (χ1) is 15.6. The number of benzene rings is 1. The van der Waals surface area contributed by atoms with Crippen LogP contribution >= 0.6 is 0 Å². The Bertz CT molecular complexity index is 1150. The topological polar surface area (TPSA) is 103 Å². The lowest BCUT2D eigenvalue weighted by molar-refractivity contribution is 0.0705. The Morgan fingerprint density at radius 2 is 1.84 bits per heavy atom. The van der Waals surface area contributed by atoms with Gasteiger partial charge in [-0.05, 0) is 55.7 Å². The maximum absolute atomic E-state index is 13.2. The van der Waals surface area contributed by atoms with E-state index in [1.807, 2.05) is 30.0 Å². The molecule has 1 aromatic carbocycles. The van der Waals surface area contributed by atoms with Gasteiger partial charge in [0.05, 0.1) is 0 Å². The van der Waals surface area contributed by atoms with Crippen LogP contribution in [-0.4, -0.2) is 52.1 Å². The number of aromatic nitrogens is 3. The van der Waals surface area contributed by atoms with E-state index in [1.54, 1.807) is 18.5 Å². The molecule has 1 amide bonds. The average Bonchev–Trinajstić information content (AvgIpc) is 2.83. The summed E-state index contributed by atoms with van der Waals surface area (Å²) in [6, 6.07) is 9.49. The van der Waals surface area contributed by atoms with Crippen LogP contribution in [0.3, 0.4) is 0 Å². The van der Waals surface area contributed by atoms with Crippen LogP contribution in [0.25, 0.3) is 11.1 Å². The van der Waals surface area contributed by atoms with Gasteiger partial charge in [0.15, 0.2) is 11.5 Å². The number of fused-ring (bicyclic) bond motifs is 1. The quantitative estimate of drug-likeness (QED) is 0.679. The summed E-state index contributed by atoms with van der Waals surface area (Å²) >= 11 is 0. The Balaban J connectivity index is 1.37. The lowest BCUT2D eigenvalue weighted by Crippen LogP contribution is -2.39. The summed E-state index contributed by atoms with van der Waals surface area (Å²) < 4.78 is 11.2. The molecule has 2 N–H and O–H groups in total. The fraction of sp³-hybridized carbons (Fsp3) is 0.333. The predicted molar refractivity (Wildman–Crippen MR) is 120 cm³/mol. The summed E-state index contributed by atoms with van der Waals surface area (Å²) in [5, 5.41) is 0. The molecule has 0 bridgehead atoms. The number of piperidine rings is 1. The van der Waals surface area contributed by atoms with Crippen molar-refractivity contribution in [3.63, 3.8) is 0 Å². The number of nitrogen functional groups attached to an aromatic ring is 1. The molecular weight excluding hydrogens is 406 g/mol. The fourth-order valence-corrected chi connectivity index (χ4v) is 4.32. The van der Waals surface area contributed by atoms with Crippen LogP contribution < -0.4 is 15.2 Å². The monoisotopic (exact) mass is 431 g/mol. The Hall–Kier alpha value is -3.68. The zero-order valence-corrected chi connectivity index (χ0v) is 18.0. The molecule has 0 spiro atoms. The van der Waals surface area contributed by atoms with Gasteiger partial charge in [0, 0.05) is 53.9 Å². The second-order valence-electron chi connectivity index (χ2n) is 8.20. The highest BCUT2D eigenvalue weighted by Crippen LogP contribution is 2.33. The number of hydrogen-bond acceptors (Lipinski definition) is 7. The van der Waals surface area contributed by atoms with Gasteiger partial charge < -0.3 is 20.1 Å². The standard InChI is InChI=1S/C24H25N5O3/c1-15-9-18(19-12-26-24(25)27-13-19)10-20(28-15)17-3-2-6-29(14-17)23(30)16-4-5-21-22(11-16)32-8-7-31-21/h4-5,9-13,17H,2-3,6-8,14H2,1H3,(H2,25,26,27)/t17-/m0/s1. The number of carbonyl (C=O) groups is 1. The third-order valence-corrected chi connectivity index (χ3v) is 5.89. The van der Waals surface area contributed by atoms with Crippen molar-refractivity contribution < 1.29 is 14.3 Å². The second kappa shape index (κ2) is 8.45. The van der Waals surface area contributed by atoms with Crippen molar-refractivity contribution in [1.82, 2.24) is 19.9 Å². The van der Waals surface area contributed by atoms with Crippen LogP contribution in [0.4, 0.5) is 5.95 Å². The van der Waals surface area contributed by atoms with E-state index in [9.17, 15) is 4.79 Å². The number of hydrogen-bond donors (Lipinski definition) is 1. The summed E-state index contributed by atoms with van der Waals surface area (Å²) in [5.41, 5.74) is 10.0. The maximum atomic E-state index is 13.2. The first-order valence-corrected chi connectivity index (χ1v) is 10.8. The first kappa shape index (κ1) is 20.2. The third-order valence-electron chi connectivity index (χ3n) is 5.89. The highest BCUT2D eigenvalue weighted by Gasteiger charge is 2.27. The number of amides is 1. The third kappa shape index (κ3) is 4.08. The molecule has 8 heteroatoms. The number of aryl methyl sites for hydroxylation is 1. The van der Waals surface area contributed by atoms with Crippen molar-refractivity contribution in [2.45, 2.75) is 25.7 Å². The van der Waals surface area contributed by atoms with Crippen LogP contribution in [0.1, 0.15) is 40.5 Å². The van der Waals surface area contributed by atoms with Crippen molar-refractivity contribution in [2.24, 2.45) is 0 Å². The molecule has 5 rings (SSSR count). The summed E-state index contributed by atoms with van der Waals surface area (Å²) in [4.78, 5) is 28.1. The molecule has 8 nitrogen and oxygen atoms in total. The van der Waals surface area contributed by atoms with Gasteiger partial charge in [-0.1, -0.05) is 0 Å². The Labute approximate surface area is 186 Å². The molecule has 164 valence electrons. The molecule has 1 saturated heterocycles. The molecule has 2 aromatic heterocycles. The van der Waals surface area contributed by atoms with Gasteiger partial charge in [-0.15, -0.1) is 0 Å². The Kier molecular flexibility index (Phi) is 5.34. The number of pyridine rings is 1. The summed E-state index contributed by atoms with van der Waals surface area (Å²) in [6.45, 7) is 4.36. The highest BCUT2D eigenvalue weighted by molar-refractivity contribution is 5.95. The maximum Gasteiger partial charge on any atom is 0.254 e. The molecule has 2 aliphatic rings. The normalized spacial score (nSPS) is 17.8. The van der Waals surface area contributed by atoms with Crippen LogP contribution in [-0.2, 0) is 0 Å². The number of carbonyl (C=O) groups excluding carboxylic acids is 1. The van der Waals surface area contributed by atoms with Crippen LogP contribution in [0, 0.1) is 6.92 Å². The smallest absolute Gasteiger partial charge is 0.254 e. The van der Waals surface area contributed by atoms with Crippen molar-refractivity contribution in [3.05, 3.63) is 59.7 Å². The zero-order valence-electron chi connectivity index (χ0n) is 18.0. The van der Waals surface area contributed by atoms with Crippen molar-refractivity contribution in [2.75, 3.05) is 32.0 Å². The highest BCUT2D eigenvalue weighted by atomic mass is 16.6. The molecule has 0 saturated carbocycles. The van der Waals surface area contributed by atoms with Crippen LogP contribution in [0.2, 0.25) is 0 Å². The number of nitrogens with two attached hydrogens (primary N) is 1. The SMILES string of the molecule is Cc1cc(-c2cnc(N)nc2)cc([C@H]2CCCN(C(=O)c3ccc4c(c3)OCCO4)C2)n1. The number of anilines is 1. The molecule has 4 heterocycles. The van der Waals surface area contributed by atoms with Gasteiger partial charge >= 0.3 is 0 Å².